The molecule has 0 atom stereocenters. The number of imide groups is 2. The standard InChI is InChI=1S/C18H21N3O6/c1-3-5-10-27-17(25)12-6-8-13(9-7-12)19-14(22)11-21-16(24)15(23)20(4-2)18(21)26/h6-9H,3-5,10-11H2,1-2H3,(H,19,22). The highest BCUT2D eigenvalue weighted by atomic mass is 16.5. The molecule has 0 bridgehead atoms. The van der Waals surface area contributed by atoms with Gasteiger partial charge in [0.15, 0.2) is 0 Å². The summed E-state index contributed by atoms with van der Waals surface area (Å²) in [4.78, 5) is 60.6. The SMILES string of the molecule is CCCCOC(=O)c1ccc(NC(=O)CN2C(=O)C(=O)N(CC)C2=O)cc1. The number of rotatable bonds is 8. The van der Waals surface area contributed by atoms with Crippen LogP contribution in [0.3, 0.4) is 0 Å². The molecule has 1 aliphatic rings. The Morgan fingerprint density at radius 1 is 1.00 bits per heavy atom. The molecular formula is C18H21N3O6. The molecule has 1 N–H and O–H groups in total. The molecule has 0 unspecified atom stereocenters. The van der Waals surface area contributed by atoms with Gasteiger partial charge in [0.25, 0.3) is 0 Å². The number of carbonyl (C=O) groups excluding carboxylic acids is 5. The van der Waals surface area contributed by atoms with E-state index in [1.807, 2.05) is 6.92 Å². The molecule has 9 nitrogen and oxygen atoms in total. The van der Waals surface area contributed by atoms with Gasteiger partial charge < -0.3 is 10.1 Å². The lowest BCUT2D eigenvalue weighted by molar-refractivity contribution is -0.143. The molecule has 27 heavy (non-hydrogen) atoms. The van der Waals surface area contributed by atoms with Gasteiger partial charge in [-0.15, -0.1) is 0 Å². The van der Waals surface area contributed by atoms with E-state index in [1.54, 1.807) is 6.92 Å². The van der Waals surface area contributed by atoms with E-state index in [0.29, 0.717) is 22.8 Å². The number of benzene rings is 1. The van der Waals surface area contributed by atoms with Gasteiger partial charge in [0.2, 0.25) is 5.91 Å². The van der Waals surface area contributed by atoms with Crippen molar-refractivity contribution in [2.45, 2.75) is 26.7 Å². The smallest absolute Gasteiger partial charge is 0.338 e. The molecule has 1 aromatic carbocycles. The molecule has 0 radical (unpaired) electrons. The number of ether oxygens (including phenoxy) is 1. The fourth-order valence-corrected chi connectivity index (χ4v) is 2.39. The maximum atomic E-state index is 12.1. The summed E-state index contributed by atoms with van der Waals surface area (Å²) in [6.45, 7) is 3.38. The maximum Gasteiger partial charge on any atom is 0.338 e. The summed E-state index contributed by atoms with van der Waals surface area (Å²) < 4.78 is 5.09. The van der Waals surface area contributed by atoms with Gasteiger partial charge in [-0.1, -0.05) is 13.3 Å². The third kappa shape index (κ3) is 4.69. The highest BCUT2D eigenvalue weighted by Gasteiger charge is 2.44. The van der Waals surface area contributed by atoms with Crippen molar-refractivity contribution in [3.8, 4) is 0 Å². The van der Waals surface area contributed by atoms with Crippen LogP contribution in [0, 0.1) is 0 Å². The van der Waals surface area contributed by atoms with E-state index in [-0.39, 0.29) is 6.54 Å². The van der Waals surface area contributed by atoms with Crippen molar-refractivity contribution in [3.63, 3.8) is 0 Å². The quantitative estimate of drug-likeness (QED) is 0.318. The van der Waals surface area contributed by atoms with Crippen molar-refractivity contribution in [3.05, 3.63) is 29.8 Å². The molecule has 0 aliphatic carbocycles. The number of unbranched alkanes of at least 4 members (excludes halogenated alkanes) is 1. The first-order chi connectivity index (χ1) is 12.9. The largest absolute Gasteiger partial charge is 0.462 e. The van der Waals surface area contributed by atoms with Crippen LogP contribution in [-0.4, -0.2) is 59.2 Å². The van der Waals surface area contributed by atoms with Crippen LogP contribution in [0.4, 0.5) is 10.5 Å². The van der Waals surface area contributed by atoms with Crippen LogP contribution in [0.5, 0.6) is 0 Å². The van der Waals surface area contributed by atoms with Gasteiger partial charge in [0, 0.05) is 12.2 Å². The summed E-state index contributed by atoms with van der Waals surface area (Å²) in [5, 5.41) is 2.51. The van der Waals surface area contributed by atoms with Crippen molar-refractivity contribution in [2.75, 3.05) is 25.0 Å². The molecule has 1 aliphatic heterocycles. The number of anilines is 1. The fraction of sp³-hybridized carbons (Fsp3) is 0.389. The van der Waals surface area contributed by atoms with E-state index < -0.39 is 36.3 Å². The maximum absolute atomic E-state index is 12.1. The number of nitrogens with one attached hydrogen (secondary N) is 1. The first-order valence-corrected chi connectivity index (χ1v) is 8.63. The number of esters is 1. The van der Waals surface area contributed by atoms with E-state index in [2.05, 4.69) is 5.32 Å². The Morgan fingerprint density at radius 2 is 1.63 bits per heavy atom. The second-order valence-electron chi connectivity index (χ2n) is 5.84. The Labute approximate surface area is 156 Å². The van der Waals surface area contributed by atoms with Gasteiger partial charge in [-0.05, 0) is 37.6 Å². The van der Waals surface area contributed by atoms with Crippen LogP contribution in [0.15, 0.2) is 24.3 Å². The molecule has 1 aromatic rings. The van der Waals surface area contributed by atoms with Crippen LogP contribution in [0.1, 0.15) is 37.0 Å². The van der Waals surface area contributed by atoms with Crippen LogP contribution >= 0.6 is 0 Å². The average molecular weight is 375 g/mol. The monoisotopic (exact) mass is 375 g/mol. The lowest BCUT2D eigenvalue weighted by Gasteiger charge is -2.14. The van der Waals surface area contributed by atoms with E-state index >= 15 is 0 Å². The number of amides is 5. The molecule has 5 amide bonds. The van der Waals surface area contributed by atoms with Crippen molar-refractivity contribution in [1.29, 1.82) is 0 Å². The molecule has 2 rings (SSSR count). The van der Waals surface area contributed by atoms with Gasteiger partial charge >= 0.3 is 23.8 Å². The van der Waals surface area contributed by atoms with E-state index in [4.69, 9.17) is 4.74 Å². The summed E-state index contributed by atoms with van der Waals surface area (Å²) in [7, 11) is 0. The Bertz CT molecular complexity index is 759. The van der Waals surface area contributed by atoms with Crippen molar-refractivity contribution in [2.24, 2.45) is 0 Å². The minimum Gasteiger partial charge on any atom is -0.462 e. The first-order valence-electron chi connectivity index (χ1n) is 8.63. The van der Waals surface area contributed by atoms with Crippen LogP contribution < -0.4 is 5.32 Å². The first kappa shape index (κ1) is 20.1. The van der Waals surface area contributed by atoms with Crippen molar-refractivity contribution in [1.82, 2.24) is 9.80 Å². The molecule has 0 aromatic heterocycles. The Balaban J connectivity index is 1.92. The lowest BCUT2D eigenvalue weighted by Crippen LogP contribution is -2.38. The second kappa shape index (κ2) is 8.93. The summed E-state index contributed by atoms with van der Waals surface area (Å²) in [5.41, 5.74) is 0.723. The molecule has 1 heterocycles. The molecular weight excluding hydrogens is 354 g/mol. The lowest BCUT2D eigenvalue weighted by atomic mass is 10.2. The van der Waals surface area contributed by atoms with E-state index in [1.165, 1.54) is 24.3 Å². The number of carbonyl (C=O) groups is 5. The molecule has 9 heteroatoms. The van der Waals surface area contributed by atoms with Gasteiger partial charge in [-0.25, -0.2) is 14.5 Å². The second-order valence-corrected chi connectivity index (χ2v) is 5.84. The minimum atomic E-state index is -1.03. The number of likely N-dealkylation sites (N-methyl/N-ethyl adjacent to an activating group) is 1. The Morgan fingerprint density at radius 3 is 2.19 bits per heavy atom. The third-order valence-corrected chi connectivity index (χ3v) is 3.89. The zero-order chi connectivity index (χ0) is 20.0. The third-order valence-electron chi connectivity index (χ3n) is 3.89. The normalized spacial score (nSPS) is 13.9. The summed E-state index contributed by atoms with van der Waals surface area (Å²) in [5.74, 6) is -3.06. The predicted molar refractivity (Wildman–Crippen MR) is 94.8 cm³/mol. The van der Waals surface area contributed by atoms with Gasteiger partial charge in [-0.2, -0.15) is 0 Å². The molecule has 1 fully saturated rings. The topological polar surface area (TPSA) is 113 Å². The van der Waals surface area contributed by atoms with Gasteiger partial charge in [0.05, 0.1) is 12.2 Å². The predicted octanol–water partition coefficient (Wildman–Crippen LogP) is 1.39. The van der Waals surface area contributed by atoms with Crippen molar-refractivity contribution < 1.29 is 28.7 Å². The number of nitrogens with zero attached hydrogens (tertiary/aromatic N) is 2. The van der Waals surface area contributed by atoms with Gasteiger partial charge in [-0.3, -0.25) is 19.3 Å². The zero-order valence-electron chi connectivity index (χ0n) is 15.2. The molecule has 144 valence electrons. The molecule has 1 saturated heterocycles. The number of hydrogen-bond acceptors (Lipinski definition) is 6. The van der Waals surface area contributed by atoms with Gasteiger partial charge in [0.1, 0.15) is 6.54 Å². The Hall–Kier alpha value is -3.23. The minimum absolute atomic E-state index is 0.0529. The molecule has 0 saturated carbocycles. The van der Waals surface area contributed by atoms with Crippen molar-refractivity contribution >= 4 is 35.4 Å². The van der Waals surface area contributed by atoms with E-state index in [0.717, 1.165) is 17.7 Å². The Kier molecular flexibility index (Phi) is 6.64. The fourth-order valence-electron chi connectivity index (χ4n) is 2.39. The summed E-state index contributed by atoms with van der Waals surface area (Å²) in [6, 6.07) is 5.20. The van der Waals surface area contributed by atoms with Crippen LogP contribution in [0.2, 0.25) is 0 Å². The number of urea groups is 1. The average Bonchev–Trinajstić information content (AvgIpc) is 2.85. The van der Waals surface area contributed by atoms with Crippen LogP contribution in [0.25, 0.3) is 0 Å². The zero-order valence-corrected chi connectivity index (χ0v) is 15.2. The van der Waals surface area contributed by atoms with E-state index in [9.17, 15) is 24.0 Å². The molecule has 0 spiro atoms. The number of hydrogen-bond donors (Lipinski definition) is 1. The van der Waals surface area contributed by atoms with Crippen LogP contribution in [-0.2, 0) is 19.1 Å². The summed E-state index contributed by atoms with van der Waals surface area (Å²) >= 11 is 0. The summed E-state index contributed by atoms with van der Waals surface area (Å²) in [6.07, 6.45) is 1.70. The highest BCUT2D eigenvalue weighted by Crippen LogP contribution is 2.14. The highest BCUT2D eigenvalue weighted by molar-refractivity contribution is 6.45.